The minimum Gasteiger partial charge on any atom is -0.409 e. The first-order valence-corrected chi connectivity index (χ1v) is 5.91. The van der Waals surface area contributed by atoms with Crippen molar-refractivity contribution >= 4 is 29.0 Å². The maximum absolute atomic E-state index is 12.0. The number of carbonyl (C=O) groups excluding carboxylic acids is 1. The Morgan fingerprint density at radius 1 is 1.61 bits per heavy atom. The lowest BCUT2D eigenvalue weighted by atomic mass is 10.0. The molecule has 0 bridgehead atoms. The summed E-state index contributed by atoms with van der Waals surface area (Å²) in [4.78, 5) is 12.0. The molecule has 18 heavy (non-hydrogen) atoms. The van der Waals surface area contributed by atoms with Crippen LogP contribution in [0.5, 0.6) is 0 Å². The second-order valence-electron chi connectivity index (χ2n) is 3.93. The smallest absolute Gasteiger partial charge is 0.235 e. The molecule has 1 rings (SSSR count). The molecule has 1 atom stereocenters. The number of anilines is 1. The lowest BCUT2D eigenvalue weighted by Gasteiger charge is -2.15. The van der Waals surface area contributed by atoms with E-state index in [1.807, 2.05) is 13.0 Å². The van der Waals surface area contributed by atoms with Crippen LogP contribution >= 0.6 is 11.6 Å². The van der Waals surface area contributed by atoms with Gasteiger partial charge in [0.1, 0.15) is 0 Å². The second-order valence-corrected chi connectivity index (χ2v) is 4.37. The van der Waals surface area contributed by atoms with Crippen molar-refractivity contribution in [3.63, 3.8) is 0 Å². The summed E-state index contributed by atoms with van der Waals surface area (Å²) in [5.41, 5.74) is 6.98. The Morgan fingerprint density at radius 3 is 2.83 bits per heavy atom. The van der Waals surface area contributed by atoms with Crippen LogP contribution in [0.25, 0.3) is 0 Å². The van der Waals surface area contributed by atoms with E-state index in [9.17, 15) is 4.79 Å². The van der Waals surface area contributed by atoms with Crippen LogP contribution in [0.3, 0.4) is 0 Å². The molecule has 1 aromatic carbocycles. The van der Waals surface area contributed by atoms with Gasteiger partial charge in [-0.05, 0) is 31.0 Å². The van der Waals surface area contributed by atoms with Crippen molar-refractivity contribution in [2.45, 2.75) is 20.3 Å². The normalized spacial score (nSPS) is 13.2. The maximum Gasteiger partial charge on any atom is 0.235 e. The molecule has 1 aromatic rings. The van der Waals surface area contributed by atoms with Crippen molar-refractivity contribution in [2.24, 2.45) is 16.8 Å². The number of halogens is 1. The summed E-state index contributed by atoms with van der Waals surface area (Å²) in [6, 6.07) is 5.21. The van der Waals surface area contributed by atoms with Crippen molar-refractivity contribution < 1.29 is 10.0 Å². The molecule has 0 heterocycles. The topological polar surface area (TPSA) is 87.7 Å². The molecule has 1 amide bonds. The van der Waals surface area contributed by atoms with Crippen molar-refractivity contribution in [2.75, 3.05) is 5.32 Å². The Morgan fingerprint density at radius 2 is 2.28 bits per heavy atom. The number of amidine groups is 1. The van der Waals surface area contributed by atoms with E-state index in [2.05, 4.69) is 10.5 Å². The number of nitrogens with one attached hydrogen (secondary N) is 1. The molecule has 98 valence electrons. The number of benzene rings is 1. The molecule has 0 aliphatic rings. The van der Waals surface area contributed by atoms with E-state index >= 15 is 0 Å². The van der Waals surface area contributed by atoms with Gasteiger partial charge in [0, 0.05) is 10.7 Å². The average molecular weight is 270 g/mol. The van der Waals surface area contributed by atoms with Gasteiger partial charge in [0.2, 0.25) is 5.91 Å². The van der Waals surface area contributed by atoms with Gasteiger partial charge in [-0.15, -0.1) is 0 Å². The van der Waals surface area contributed by atoms with Crippen LogP contribution in [0, 0.1) is 12.8 Å². The van der Waals surface area contributed by atoms with Crippen molar-refractivity contribution in [1.29, 1.82) is 0 Å². The van der Waals surface area contributed by atoms with Gasteiger partial charge in [0.25, 0.3) is 0 Å². The second kappa shape index (κ2) is 6.26. The highest BCUT2D eigenvalue weighted by Crippen LogP contribution is 2.21. The third-order valence-corrected chi connectivity index (χ3v) is 2.89. The highest BCUT2D eigenvalue weighted by Gasteiger charge is 2.21. The zero-order valence-corrected chi connectivity index (χ0v) is 11.0. The fourth-order valence-electron chi connectivity index (χ4n) is 1.55. The first kappa shape index (κ1) is 14.3. The molecule has 5 nitrogen and oxygen atoms in total. The summed E-state index contributed by atoms with van der Waals surface area (Å²) < 4.78 is 0. The minimum absolute atomic E-state index is 0.102. The van der Waals surface area contributed by atoms with Gasteiger partial charge in [-0.1, -0.05) is 29.7 Å². The quantitative estimate of drug-likeness (QED) is 0.339. The zero-order chi connectivity index (χ0) is 13.7. The highest BCUT2D eigenvalue weighted by atomic mass is 35.5. The Kier molecular flexibility index (Phi) is 4.97. The molecule has 0 saturated carbocycles. The van der Waals surface area contributed by atoms with Crippen LogP contribution in [-0.2, 0) is 4.79 Å². The number of hydrogen-bond acceptors (Lipinski definition) is 3. The average Bonchev–Trinajstić information content (AvgIpc) is 2.34. The van der Waals surface area contributed by atoms with Gasteiger partial charge >= 0.3 is 0 Å². The largest absolute Gasteiger partial charge is 0.409 e. The van der Waals surface area contributed by atoms with Crippen LogP contribution < -0.4 is 11.1 Å². The van der Waals surface area contributed by atoms with Crippen molar-refractivity contribution in [3.05, 3.63) is 28.8 Å². The molecule has 0 fully saturated rings. The summed E-state index contributed by atoms with van der Waals surface area (Å²) in [5, 5.41) is 14.7. The van der Waals surface area contributed by atoms with E-state index in [0.29, 0.717) is 17.1 Å². The third kappa shape index (κ3) is 3.37. The highest BCUT2D eigenvalue weighted by molar-refractivity contribution is 6.31. The molecule has 0 spiro atoms. The summed E-state index contributed by atoms with van der Waals surface area (Å²) >= 11 is 5.86. The van der Waals surface area contributed by atoms with Gasteiger partial charge in [-0.2, -0.15) is 0 Å². The SMILES string of the molecule is CCC(C(=O)Nc1cc(Cl)ccc1C)C(N)=NO. The molecule has 0 aliphatic carbocycles. The van der Waals surface area contributed by atoms with Gasteiger partial charge in [-0.3, -0.25) is 4.79 Å². The Balaban J connectivity index is 2.89. The number of hydrogen-bond donors (Lipinski definition) is 3. The van der Waals surface area contributed by atoms with Crippen LogP contribution in [0.1, 0.15) is 18.9 Å². The first-order chi connectivity index (χ1) is 8.49. The number of rotatable bonds is 4. The summed E-state index contributed by atoms with van der Waals surface area (Å²) in [5.74, 6) is -1.08. The predicted octanol–water partition coefficient (Wildman–Crippen LogP) is 2.36. The van der Waals surface area contributed by atoms with Crippen LogP contribution in [0.4, 0.5) is 5.69 Å². The first-order valence-electron chi connectivity index (χ1n) is 5.54. The number of nitrogens with zero attached hydrogens (tertiary/aromatic N) is 1. The van der Waals surface area contributed by atoms with Crippen LogP contribution in [0.2, 0.25) is 5.02 Å². The summed E-state index contributed by atoms with van der Waals surface area (Å²) in [6.45, 7) is 3.64. The van der Waals surface area contributed by atoms with Gasteiger partial charge in [0.05, 0.1) is 5.92 Å². The van der Waals surface area contributed by atoms with Gasteiger partial charge in [-0.25, -0.2) is 0 Å². The van der Waals surface area contributed by atoms with E-state index in [4.69, 9.17) is 22.5 Å². The van der Waals surface area contributed by atoms with Crippen LogP contribution in [0.15, 0.2) is 23.4 Å². The van der Waals surface area contributed by atoms with E-state index in [1.54, 1.807) is 19.1 Å². The lowest BCUT2D eigenvalue weighted by Crippen LogP contribution is -2.34. The monoisotopic (exact) mass is 269 g/mol. The van der Waals surface area contributed by atoms with Gasteiger partial charge < -0.3 is 16.3 Å². The fraction of sp³-hybridized carbons (Fsp3) is 0.333. The van der Waals surface area contributed by atoms with E-state index in [1.165, 1.54) is 0 Å². The number of amides is 1. The summed E-state index contributed by atoms with van der Waals surface area (Å²) in [6.07, 6.45) is 0.446. The Bertz CT molecular complexity index is 474. The molecular weight excluding hydrogens is 254 g/mol. The predicted molar refractivity (Wildman–Crippen MR) is 72.0 cm³/mol. The molecule has 6 heteroatoms. The molecule has 0 saturated heterocycles. The molecule has 0 radical (unpaired) electrons. The van der Waals surface area contributed by atoms with Crippen molar-refractivity contribution in [3.8, 4) is 0 Å². The molecular formula is C12H16ClN3O2. The van der Waals surface area contributed by atoms with Crippen molar-refractivity contribution in [1.82, 2.24) is 0 Å². The number of aryl methyl sites for hydroxylation is 1. The molecule has 0 aromatic heterocycles. The Hall–Kier alpha value is -1.75. The fourth-order valence-corrected chi connectivity index (χ4v) is 1.72. The minimum atomic E-state index is -0.659. The van der Waals surface area contributed by atoms with E-state index in [0.717, 1.165) is 5.56 Å². The summed E-state index contributed by atoms with van der Waals surface area (Å²) in [7, 11) is 0. The van der Waals surface area contributed by atoms with E-state index < -0.39 is 5.92 Å². The third-order valence-electron chi connectivity index (χ3n) is 2.65. The van der Waals surface area contributed by atoms with Crippen LogP contribution in [-0.4, -0.2) is 17.0 Å². The lowest BCUT2D eigenvalue weighted by molar-refractivity contribution is -0.118. The van der Waals surface area contributed by atoms with Gasteiger partial charge in [0.15, 0.2) is 5.84 Å². The zero-order valence-electron chi connectivity index (χ0n) is 10.3. The number of carbonyl (C=O) groups is 1. The molecule has 4 N–H and O–H groups in total. The number of oxime groups is 1. The molecule has 0 aliphatic heterocycles. The standard InChI is InChI=1S/C12H16ClN3O2/c1-3-9(11(14)16-18)12(17)15-10-6-8(13)5-4-7(10)2/h4-6,9,18H,3H2,1-2H3,(H2,14,16)(H,15,17). The number of nitrogens with two attached hydrogens (primary N) is 1. The maximum atomic E-state index is 12.0. The van der Waals surface area contributed by atoms with E-state index in [-0.39, 0.29) is 11.7 Å². The molecule has 1 unspecified atom stereocenters. The Labute approximate surface area is 111 Å².